The SMILES string of the molecule is CN(CC(=O)Nc1nc2c(Cl)cccc2s1)C(=O)CNC(C)(C)C. The lowest BCUT2D eigenvalue weighted by molar-refractivity contribution is -0.132. The summed E-state index contributed by atoms with van der Waals surface area (Å²) in [7, 11) is 1.60. The van der Waals surface area contributed by atoms with Crippen molar-refractivity contribution in [1.82, 2.24) is 15.2 Å². The summed E-state index contributed by atoms with van der Waals surface area (Å²) in [6.07, 6.45) is 0. The zero-order valence-corrected chi connectivity index (χ0v) is 15.7. The van der Waals surface area contributed by atoms with Gasteiger partial charge < -0.3 is 15.5 Å². The summed E-state index contributed by atoms with van der Waals surface area (Å²) in [4.78, 5) is 29.8. The van der Waals surface area contributed by atoms with Crippen molar-refractivity contribution in [1.29, 1.82) is 0 Å². The van der Waals surface area contributed by atoms with E-state index in [-0.39, 0.29) is 30.4 Å². The minimum Gasteiger partial charge on any atom is -0.335 e. The number of rotatable bonds is 5. The zero-order chi connectivity index (χ0) is 17.9. The van der Waals surface area contributed by atoms with Crippen LogP contribution in [0, 0.1) is 0 Å². The third kappa shape index (κ3) is 5.15. The lowest BCUT2D eigenvalue weighted by atomic mass is 10.1. The number of carbonyl (C=O) groups is 2. The van der Waals surface area contributed by atoms with Crippen LogP contribution in [0.25, 0.3) is 10.2 Å². The van der Waals surface area contributed by atoms with Crippen LogP contribution in [0.4, 0.5) is 5.13 Å². The number of thiazole rings is 1. The number of likely N-dealkylation sites (N-methyl/N-ethyl adjacent to an activating group) is 1. The fraction of sp³-hybridized carbons (Fsp3) is 0.438. The minimum atomic E-state index is -0.295. The standard InChI is InChI=1S/C16H21ClN4O2S/c1-16(2,3)18-8-13(23)21(4)9-12(22)19-15-20-14-10(17)6-5-7-11(14)24-15/h5-7,18H,8-9H2,1-4H3,(H,19,20,22). The van der Waals surface area contributed by atoms with E-state index in [1.807, 2.05) is 32.9 Å². The fourth-order valence-corrected chi connectivity index (χ4v) is 3.09. The lowest BCUT2D eigenvalue weighted by Crippen LogP contribution is -2.45. The quantitative estimate of drug-likeness (QED) is 0.851. The van der Waals surface area contributed by atoms with Crippen LogP contribution in [0.5, 0.6) is 0 Å². The topological polar surface area (TPSA) is 74.3 Å². The van der Waals surface area contributed by atoms with Crippen LogP contribution in [0.15, 0.2) is 18.2 Å². The van der Waals surface area contributed by atoms with E-state index in [1.165, 1.54) is 16.2 Å². The van der Waals surface area contributed by atoms with Crippen LogP contribution < -0.4 is 10.6 Å². The van der Waals surface area contributed by atoms with Crippen molar-refractivity contribution >= 4 is 50.1 Å². The van der Waals surface area contributed by atoms with E-state index in [0.717, 1.165) is 4.70 Å². The third-order valence-corrected chi connectivity index (χ3v) is 4.43. The smallest absolute Gasteiger partial charge is 0.245 e. The van der Waals surface area contributed by atoms with Gasteiger partial charge in [0.2, 0.25) is 11.8 Å². The number of hydrogen-bond acceptors (Lipinski definition) is 5. The molecule has 0 fully saturated rings. The Morgan fingerprint density at radius 1 is 1.33 bits per heavy atom. The van der Waals surface area contributed by atoms with E-state index < -0.39 is 0 Å². The van der Waals surface area contributed by atoms with Gasteiger partial charge in [0, 0.05) is 12.6 Å². The number of amides is 2. The number of hydrogen-bond donors (Lipinski definition) is 2. The van der Waals surface area contributed by atoms with Crippen molar-refractivity contribution in [2.45, 2.75) is 26.3 Å². The molecule has 0 spiro atoms. The number of carbonyl (C=O) groups excluding carboxylic acids is 2. The van der Waals surface area contributed by atoms with Crippen LogP contribution >= 0.6 is 22.9 Å². The number of halogens is 1. The monoisotopic (exact) mass is 368 g/mol. The second-order valence-corrected chi connectivity index (χ2v) is 7.94. The molecule has 24 heavy (non-hydrogen) atoms. The number of para-hydroxylation sites is 1. The van der Waals surface area contributed by atoms with E-state index in [0.29, 0.717) is 15.7 Å². The number of benzene rings is 1. The summed E-state index contributed by atoms with van der Waals surface area (Å²) >= 11 is 7.42. The second kappa shape index (κ2) is 7.46. The Kier molecular flexibility index (Phi) is 5.79. The van der Waals surface area contributed by atoms with Crippen molar-refractivity contribution in [2.75, 3.05) is 25.5 Å². The maximum Gasteiger partial charge on any atom is 0.245 e. The van der Waals surface area contributed by atoms with E-state index >= 15 is 0 Å². The Balaban J connectivity index is 1.92. The average molecular weight is 369 g/mol. The molecule has 2 aromatic rings. The first-order valence-corrected chi connectivity index (χ1v) is 8.69. The largest absolute Gasteiger partial charge is 0.335 e. The van der Waals surface area contributed by atoms with E-state index in [1.54, 1.807) is 13.1 Å². The van der Waals surface area contributed by atoms with Crippen molar-refractivity contribution in [3.8, 4) is 0 Å². The number of nitrogens with one attached hydrogen (secondary N) is 2. The summed E-state index contributed by atoms with van der Waals surface area (Å²) in [6.45, 7) is 6.08. The fourth-order valence-electron chi connectivity index (χ4n) is 1.91. The number of nitrogens with zero attached hydrogens (tertiary/aromatic N) is 2. The van der Waals surface area contributed by atoms with Crippen molar-refractivity contribution in [3.05, 3.63) is 23.2 Å². The Morgan fingerprint density at radius 2 is 2.04 bits per heavy atom. The summed E-state index contributed by atoms with van der Waals surface area (Å²) in [5, 5.41) is 6.83. The summed E-state index contributed by atoms with van der Waals surface area (Å²) in [6, 6.07) is 5.48. The number of aromatic nitrogens is 1. The Hall–Kier alpha value is -1.70. The lowest BCUT2D eigenvalue weighted by Gasteiger charge is -2.23. The molecule has 130 valence electrons. The van der Waals surface area contributed by atoms with Crippen LogP contribution in [-0.2, 0) is 9.59 Å². The van der Waals surface area contributed by atoms with Crippen LogP contribution in [-0.4, -0.2) is 47.4 Å². The molecule has 0 saturated carbocycles. The van der Waals surface area contributed by atoms with Gasteiger partial charge in [-0.25, -0.2) is 4.98 Å². The molecule has 0 atom stereocenters. The van der Waals surface area contributed by atoms with Crippen LogP contribution in [0.1, 0.15) is 20.8 Å². The molecule has 0 unspecified atom stereocenters. The van der Waals surface area contributed by atoms with Crippen LogP contribution in [0.2, 0.25) is 5.02 Å². The first kappa shape index (κ1) is 18.6. The minimum absolute atomic E-state index is 0.0334. The zero-order valence-electron chi connectivity index (χ0n) is 14.1. The highest BCUT2D eigenvalue weighted by Gasteiger charge is 2.17. The van der Waals surface area contributed by atoms with Gasteiger partial charge in [-0.15, -0.1) is 0 Å². The summed E-state index contributed by atoms with van der Waals surface area (Å²) in [5.74, 6) is -0.441. The van der Waals surface area contributed by atoms with Crippen LogP contribution in [0.3, 0.4) is 0 Å². The van der Waals surface area contributed by atoms with Gasteiger partial charge in [0.25, 0.3) is 0 Å². The van der Waals surface area contributed by atoms with Gasteiger partial charge in [-0.05, 0) is 32.9 Å². The number of fused-ring (bicyclic) bond motifs is 1. The van der Waals surface area contributed by atoms with E-state index in [9.17, 15) is 9.59 Å². The molecule has 0 aliphatic carbocycles. The molecule has 2 amide bonds. The maximum absolute atomic E-state index is 12.1. The molecule has 0 saturated heterocycles. The number of anilines is 1. The van der Waals surface area contributed by atoms with Gasteiger partial charge in [-0.3, -0.25) is 9.59 Å². The van der Waals surface area contributed by atoms with Gasteiger partial charge in [0.15, 0.2) is 5.13 Å². The van der Waals surface area contributed by atoms with E-state index in [4.69, 9.17) is 11.6 Å². The Labute approximate surface area is 150 Å². The van der Waals surface area contributed by atoms with Gasteiger partial charge in [-0.1, -0.05) is 29.0 Å². The highest BCUT2D eigenvalue weighted by atomic mass is 35.5. The van der Waals surface area contributed by atoms with Gasteiger partial charge in [-0.2, -0.15) is 0 Å². The molecule has 6 nitrogen and oxygen atoms in total. The Morgan fingerprint density at radius 3 is 2.67 bits per heavy atom. The molecular weight excluding hydrogens is 348 g/mol. The molecular formula is C16H21ClN4O2S. The summed E-state index contributed by atoms with van der Waals surface area (Å²) in [5.41, 5.74) is 0.511. The second-order valence-electron chi connectivity index (χ2n) is 6.51. The molecule has 1 aromatic carbocycles. The highest BCUT2D eigenvalue weighted by Crippen LogP contribution is 2.30. The molecule has 1 heterocycles. The van der Waals surface area contributed by atoms with Gasteiger partial charge in [0.1, 0.15) is 5.52 Å². The molecule has 2 N–H and O–H groups in total. The van der Waals surface area contributed by atoms with Gasteiger partial charge >= 0.3 is 0 Å². The molecule has 2 rings (SSSR count). The van der Waals surface area contributed by atoms with E-state index in [2.05, 4.69) is 15.6 Å². The first-order chi connectivity index (χ1) is 11.2. The van der Waals surface area contributed by atoms with Gasteiger partial charge in [0.05, 0.1) is 22.8 Å². The average Bonchev–Trinajstić information content (AvgIpc) is 2.87. The predicted molar refractivity (Wildman–Crippen MR) is 98.7 cm³/mol. The highest BCUT2D eigenvalue weighted by molar-refractivity contribution is 7.22. The molecule has 1 aromatic heterocycles. The van der Waals surface area contributed by atoms with Crippen molar-refractivity contribution < 1.29 is 9.59 Å². The van der Waals surface area contributed by atoms with Crippen molar-refractivity contribution in [3.63, 3.8) is 0 Å². The first-order valence-electron chi connectivity index (χ1n) is 7.49. The Bertz CT molecular complexity index is 754. The predicted octanol–water partition coefficient (Wildman–Crippen LogP) is 2.73. The molecule has 0 radical (unpaired) electrons. The molecule has 0 aliphatic rings. The normalized spacial score (nSPS) is 11.5. The van der Waals surface area contributed by atoms with Crippen molar-refractivity contribution in [2.24, 2.45) is 0 Å². The third-order valence-electron chi connectivity index (χ3n) is 3.19. The molecule has 0 bridgehead atoms. The summed E-state index contributed by atoms with van der Waals surface area (Å²) < 4.78 is 0.900. The molecule has 8 heteroatoms. The maximum atomic E-state index is 12.1. The molecule has 0 aliphatic heterocycles.